The predicted molar refractivity (Wildman–Crippen MR) is 79.7 cm³/mol. The van der Waals surface area contributed by atoms with Crippen molar-refractivity contribution in [2.75, 3.05) is 12.3 Å². The molecule has 0 aromatic heterocycles. The number of hydrogen-bond acceptors (Lipinski definition) is 3. The highest BCUT2D eigenvalue weighted by Gasteiger charge is 2.39. The Hall–Kier alpha value is -1.07. The minimum absolute atomic E-state index is 0.239. The van der Waals surface area contributed by atoms with Crippen LogP contribution in [0.15, 0.2) is 23.1 Å². The SMILES string of the molecule is Cc1cccc(N)c1S(=O)(=O)NCC1CC2CCC1C2. The van der Waals surface area contributed by atoms with Crippen LogP contribution in [0.4, 0.5) is 5.69 Å². The lowest BCUT2D eigenvalue weighted by atomic mass is 9.89. The zero-order chi connectivity index (χ0) is 14.3. The molecule has 1 aromatic rings. The molecule has 2 fully saturated rings. The summed E-state index contributed by atoms with van der Waals surface area (Å²) in [6, 6.07) is 5.20. The molecule has 3 atom stereocenters. The summed E-state index contributed by atoms with van der Waals surface area (Å²) in [5, 5.41) is 0. The van der Waals surface area contributed by atoms with Crippen LogP contribution in [0.2, 0.25) is 0 Å². The van der Waals surface area contributed by atoms with Crippen LogP contribution in [-0.2, 0) is 10.0 Å². The third-order valence-corrected chi connectivity index (χ3v) is 6.57. The number of benzene rings is 1. The Morgan fingerprint density at radius 1 is 1.30 bits per heavy atom. The normalized spacial score (nSPS) is 28.9. The Balaban J connectivity index is 1.73. The maximum atomic E-state index is 12.4. The van der Waals surface area contributed by atoms with Gasteiger partial charge in [-0.15, -0.1) is 0 Å². The molecule has 4 nitrogen and oxygen atoms in total. The van der Waals surface area contributed by atoms with Crippen molar-refractivity contribution in [3.05, 3.63) is 23.8 Å². The Labute approximate surface area is 120 Å². The van der Waals surface area contributed by atoms with Crippen molar-refractivity contribution >= 4 is 15.7 Å². The molecule has 3 rings (SSSR count). The molecule has 2 saturated carbocycles. The average Bonchev–Trinajstić information content (AvgIpc) is 2.98. The third-order valence-electron chi connectivity index (χ3n) is 4.93. The van der Waals surface area contributed by atoms with E-state index in [0.29, 0.717) is 23.7 Å². The average molecular weight is 294 g/mol. The van der Waals surface area contributed by atoms with E-state index in [4.69, 9.17) is 5.73 Å². The summed E-state index contributed by atoms with van der Waals surface area (Å²) in [5.41, 5.74) is 6.86. The van der Waals surface area contributed by atoms with Gasteiger partial charge in [0.15, 0.2) is 0 Å². The molecule has 0 saturated heterocycles. The smallest absolute Gasteiger partial charge is 0.242 e. The summed E-state index contributed by atoms with van der Waals surface area (Å²) in [5.74, 6) is 2.06. The highest BCUT2D eigenvalue weighted by atomic mass is 32.2. The van der Waals surface area contributed by atoms with E-state index < -0.39 is 10.0 Å². The van der Waals surface area contributed by atoms with Gasteiger partial charge in [0.05, 0.1) is 5.69 Å². The third kappa shape index (κ3) is 2.44. The molecule has 0 radical (unpaired) electrons. The van der Waals surface area contributed by atoms with Crippen LogP contribution < -0.4 is 10.5 Å². The number of sulfonamides is 1. The van der Waals surface area contributed by atoms with E-state index in [1.807, 2.05) is 0 Å². The van der Waals surface area contributed by atoms with E-state index in [2.05, 4.69) is 4.72 Å². The van der Waals surface area contributed by atoms with Crippen LogP contribution >= 0.6 is 0 Å². The van der Waals surface area contributed by atoms with Crippen molar-refractivity contribution < 1.29 is 8.42 Å². The van der Waals surface area contributed by atoms with Crippen LogP contribution in [-0.4, -0.2) is 15.0 Å². The van der Waals surface area contributed by atoms with E-state index in [-0.39, 0.29) is 4.90 Å². The van der Waals surface area contributed by atoms with Gasteiger partial charge in [0.2, 0.25) is 10.0 Å². The van der Waals surface area contributed by atoms with Crippen LogP contribution in [0.3, 0.4) is 0 Å². The van der Waals surface area contributed by atoms with Crippen molar-refractivity contribution in [2.24, 2.45) is 17.8 Å². The molecule has 2 aliphatic carbocycles. The monoisotopic (exact) mass is 294 g/mol. The molecule has 2 bridgehead atoms. The molecule has 110 valence electrons. The van der Waals surface area contributed by atoms with Crippen LogP contribution in [0.1, 0.15) is 31.2 Å². The number of anilines is 1. The highest BCUT2D eigenvalue weighted by molar-refractivity contribution is 7.89. The lowest BCUT2D eigenvalue weighted by Crippen LogP contribution is -2.32. The largest absolute Gasteiger partial charge is 0.398 e. The maximum Gasteiger partial charge on any atom is 0.242 e. The van der Waals surface area contributed by atoms with E-state index in [1.165, 1.54) is 25.7 Å². The lowest BCUT2D eigenvalue weighted by Gasteiger charge is -2.22. The van der Waals surface area contributed by atoms with Crippen LogP contribution in [0, 0.1) is 24.7 Å². The Morgan fingerprint density at radius 2 is 2.10 bits per heavy atom. The van der Waals surface area contributed by atoms with E-state index >= 15 is 0 Å². The molecule has 3 unspecified atom stereocenters. The summed E-state index contributed by atoms with van der Waals surface area (Å²) in [6.07, 6.45) is 5.07. The molecule has 20 heavy (non-hydrogen) atoms. The molecule has 5 heteroatoms. The number of fused-ring (bicyclic) bond motifs is 2. The van der Waals surface area contributed by atoms with Gasteiger partial charge in [-0.1, -0.05) is 18.6 Å². The van der Waals surface area contributed by atoms with Crippen molar-refractivity contribution in [2.45, 2.75) is 37.5 Å². The molecular weight excluding hydrogens is 272 g/mol. The van der Waals surface area contributed by atoms with Crippen molar-refractivity contribution in [3.63, 3.8) is 0 Å². The van der Waals surface area contributed by atoms with Gasteiger partial charge in [0.1, 0.15) is 4.90 Å². The minimum Gasteiger partial charge on any atom is -0.398 e. The van der Waals surface area contributed by atoms with Gasteiger partial charge >= 0.3 is 0 Å². The summed E-state index contributed by atoms with van der Waals surface area (Å²) in [4.78, 5) is 0.239. The topological polar surface area (TPSA) is 72.2 Å². The van der Waals surface area contributed by atoms with E-state index in [9.17, 15) is 8.42 Å². The van der Waals surface area contributed by atoms with Gasteiger partial charge in [0, 0.05) is 6.54 Å². The second-order valence-electron chi connectivity index (χ2n) is 6.28. The summed E-state index contributed by atoms with van der Waals surface area (Å²) in [7, 11) is -3.50. The second kappa shape index (κ2) is 5.04. The van der Waals surface area contributed by atoms with Gasteiger partial charge in [-0.2, -0.15) is 0 Å². The number of aryl methyl sites for hydroxylation is 1. The van der Waals surface area contributed by atoms with Crippen molar-refractivity contribution in [1.29, 1.82) is 0 Å². The second-order valence-corrected chi connectivity index (χ2v) is 7.98. The first kappa shape index (κ1) is 13.9. The standard InChI is InChI=1S/C15H22N2O2S/c1-10-3-2-4-14(16)15(10)20(18,19)17-9-13-8-11-5-6-12(13)7-11/h2-4,11-13,17H,5-9,16H2,1H3. The first-order valence-corrected chi connectivity index (χ1v) is 8.80. The van der Waals surface area contributed by atoms with E-state index in [1.54, 1.807) is 25.1 Å². The molecule has 2 aliphatic rings. The summed E-state index contributed by atoms with van der Waals surface area (Å²) < 4.78 is 27.7. The molecule has 0 amide bonds. The summed E-state index contributed by atoms with van der Waals surface area (Å²) >= 11 is 0. The fraction of sp³-hybridized carbons (Fsp3) is 0.600. The van der Waals surface area contributed by atoms with Crippen LogP contribution in [0.5, 0.6) is 0 Å². The Bertz CT molecular complexity index is 592. The first-order chi connectivity index (χ1) is 9.47. The van der Waals surface area contributed by atoms with E-state index in [0.717, 1.165) is 11.8 Å². The number of hydrogen-bond donors (Lipinski definition) is 2. The molecule has 1 aromatic carbocycles. The molecule has 0 aliphatic heterocycles. The fourth-order valence-corrected chi connectivity index (χ4v) is 5.41. The van der Waals surface area contributed by atoms with Gasteiger partial charge in [-0.05, 0) is 55.6 Å². The Kier molecular flexibility index (Phi) is 3.50. The van der Waals surface area contributed by atoms with Crippen LogP contribution in [0.25, 0.3) is 0 Å². The van der Waals surface area contributed by atoms with Gasteiger partial charge in [-0.25, -0.2) is 13.1 Å². The Morgan fingerprint density at radius 3 is 2.70 bits per heavy atom. The van der Waals surface area contributed by atoms with Crippen molar-refractivity contribution in [3.8, 4) is 0 Å². The zero-order valence-corrected chi connectivity index (χ0v) is 12.6. The van der Waals surface area contributed by atoms with Gasteiger partial charge in [0.25, 0.3) is 0 Å². The fourth-order valence-electron chi connectivity index (χ4n) is 3.96. The molecule has 0 heterocycles. The van der Waals surface area contributed by atoms with Crippen molar-refractivity contribution in [1.82, 2.24) is 4.72 Å². The molecule has 3 N–H and O–H groups in total. The number of nitrogens with one attached hydrogen (secondary N) is 1. The van der Waals surface area contributed by atoms with Gasteiger partial charge < -0.3 is 5.73 Å². The maximum absolute atomic E-state index is 12.4. The predicted octanol–water partition coefficient (Wildman–Crippen LogP) is 2.29. The number of rotatable bonds is 4. The molecular formula is C15H22N2O2S. The number of nitrogens with two attached hydrogens (primary N) is 1. The molecule has 0 spiro atoms. The lowest BCUT2D eigenvalue weighted by molar-refractivity contribution is 0.333. The highest BCUT2D eigenvalue weighted by Crippen LogP contribution is 2.48. The quantitative estimate of drug-likeness (QED) is 0.837. The summed E-state index contributed by atoms with van der Waals surface area (Å²) in [6.45, 7) is 2.33. The first-order valence-electron chi connectivity index (χ1n) is 7.32. The van der Waals surface area contributed by atoms with Gasteiger partial charge in [-0.3, -0.25) is 0 Å². The number of nitrogen functional groups attached to an aromatic ring is 1. The minimum atomic E-state index is -3.50. The zero-order valence-electron chi connectivity index (χ0n) is 11.8.